The lowest BCUT2D eigenvalue weighted by Gasteiger charge is -2.34. The normalized spacial score (nSPS) is 22.5. The van der Waals surface area contributed by atoms with E-state index in [9.17, 15) is 18.0 Å². The molecule has 2 aromatic rings. The fraction of sp³-hybridized carbons (Fsp3) is 0.694. The molecule has 4 rings (SSSR count). The number of hydrogen-bond acceptors (Lipinski definition) is 7. The van der Waals surface area contributed by atoms with E-state index < -0.39 is 38.2 Å². The van der Waals surface area contributed by atoms with Gasteiger partial charge in [-0.3, -0.25) is 9.59 Å². The molecule has 11 heteroatoms. The molecule has 2 fully saturated rings. The number of imidazole rings is 1. The van der Waals surface area contributed by atoms with E-state index >= 15 is 0 Å². The van der Waals surface area contributed by atoms with Crippen molar-refractivity contribution in [2.75, 3.05) is 5.75 Å². The lowest BCUT2D eigenvalue weighted by molar-refractivity contribution is -0.153. The summed E-state index contributed by atoms with van der Waals surface area (Å²) in [6, 6.07) is 8.06. The molecule has 2 amide bonds. The minimum atomic E-state index is -3.65. The van der Waals surface area contributed by atoms with E-state index in [0.29, 0.717) is 11.6 Å². The van der Waals surface area contributed by atoms with Gasteiger partial charge in [0, 0.05) is 18.3 Å². The number of sulfone groups is 1. The minimum absolute atomic E-state index is 0.163. The van der Waals surface area contributed by atoms with Crippen LogP contribution in [-0.4, -0.2) is 70.8 Å². The molecule has 0 unspecified atom stereocenters. The summed E-state index contributed by atoms with van der Waals surface area (Å²) in [5.74, 6) is -2.23. The third-order valence-corrected chi connectivity index (χ3v) is 12.2. The fourth-order valence-corrected chi connectivity index (χ4v) is 8.04. The smallest absolute Gasteiger partial charge is 0.243 e. The van der Waals surface area contributed by atoms with E-state index in [1.165, 1.54) is 25.6 Å². The van der Waals surface area contributed by atoms with E-state index in [0.717, 1.165) is 24.8 Å². The summed E-state index contributed by atoms with van der Waals surface area (Å²) in [6.07, 6.45) is 9.52. The van der Waals surface area contributed by atoms with Crippen molar-refractivity contribution in [3.05, 3.63) is 54.1 Å². The number of nitrogens with one attached hydrogen (secondary N) is 3. The Bertz CT molecular complexity index is 1400. The van der Waals surface area contributed by atoms with Gasteiger partial charge in [0.05, 0.1) is 34.9 Å². The summed E-state index contributed by atoms with van der Waals surface area (Å²) in [6.45, 7) is 12.9. The maximum Gasteiger partial charge on any atom is 0.243 e. The van der Waals surface area contributed by atoms with E-state index in [-0.39, 0.29) is 48.7 Å². The number of H-pyrrole nitrogens is 1. The molecule has 1 aromatic heterocycles. The summed E-state index contributed by atoms with van der Waals surface area (Å²) < 4.78 is 38.5. The summed E-state index contributed by atoms with van der Waals surface area (Å²) in [4.78, 5) is 35.5. The SMILES string of the molecule is CC(C)[C@@H]1OC(C)(C)O[C@@H]1[C@H](CC1CCCCC1)NC(=O)[C@H](Cc1cnc[nH]1)NC(=O)[C@H](Cc1ccccc1)CS(=O)(=O)C(C)(C)C. The highest BCUT2D eigenvalue weighted by atomic mass is 32.2. The molecule has 1 saturated heterocycles. The zero-order chi connectivity index (χ0) is 34.4. The number of benzene rings is 1. The molecule has 0 radical (unpaired) electrons. The Morgan fingerprint density at radius 3 is 2.23 bits per heavy atom. The Labute approximate surface area is 281 Å². The van der Waals surface area contributed by atoms with E-state index in [2.05, 4.69) is 34.4 Å². The molecule has 10 nitrogen and oxygen atoms in total. The molecular formula is C36H56N4O6S. The highest BCUT2D eigenvalue weighted by molar-refractivity contribution is 7.92. The molecule has 1 aromatic carbocycles. The van der Waals surface area contributed by atoms with Gasteiger partial charge in [-0.2, -0.15) is 0 Å². The maximum atomic E-state index is 14.3. The van der Waals surface area contributed by atoms with Gasteiger partial charge in [-0.05, 0) is 64.9 Å². The number of carbonyl (C=O) groups is 2. The molecule has 2 aliphatic rings. The van der Waals surface area contributed by atoms with Gasteiger partial charge >= 0.3 is 0 Å². The summed E-state index contributed by atoms with van der Waals surface area (Å²) in [5.41, 5.74) is 1.53. The van der Waals surface area contributed by atoms with E-state index in [1.54, 1.807) is 27.0 Å². The highest BCUT2D eigenvalue weighted by Crippen LogP contribution is 2.37. The van der Waals surface area contributed by atoms with Crippen LogP contribution in [0.3, 0.4) is 0 Å². The van der Waals surface area contributed by atoms with Crippen molar-refractivity contribution in [2.24, 2.45) is 17.8 Å². The summed E-state index contributed by atoms with van der Waals surface area (Å²) in [7, 11) is -3.65. The van der Waals surface area contributed by atoms with Gasteiger partial charge in [-0.15, -0.1) is 0 Å². The average molecular weight is 673 g/mol. The Kier molecular flexibility index (Phi) is 12.3. The average Bonchev–Trinajstić information content (AvgIpc) is 3.63. The van der Waals surface area contributed by atoms with Crippen molar-refractivity contribution in [1.29, 1.82) is 0 Å². The second kappa shape index (κ2) is 15.6. The Morgan fingerprint density at radius 1 is 0.979 bits per heavy atom. The first-order valence-corrected chi connectivity index (χ1v) is 18.9. The quantitative estimate of drug-likeness (QED) is 0.253. The van der Waals surface area contributed by atoms with Crippen LogP contribution in [0.15, 0.2) is 42.9 Å². The van der Waals surface area contributed by atoms with Crippen molar-refractivity contribution in [1.82, 2.24) is 20.6 Å². The first kappa shape index (κ1) is 37.1. The zero-order valence-electron chi connectivity index (χ0n) is 29.3. The van der Waals surface area contributed by atoms with Gasteiger partial charge in [0.2, 0.25) is 11.8 Å². The van der Waals surface area contributed by atoms with Gasteiger partial charge in [-0.25, -0.2) is 13.4 Å². The first-order chi connectivity index (χ1) is 22.0. The van der Waals surface area contributed by atoms with Crippen LogP contribution in [-0.2, 0) is 41.7 Å². The number of aromatic nitrogens is 2. The highest BCUT2D eigenvalue weighted by Gasteiger charge is 2.47. The zero-order valence-corrected chi connectivity index (χ0v) is 30.1. The number of amides is 2. The number of hydrogen-bond donors (Lipinski definition) is 3. The third kappa shape index (κ3) is 10.4. The molecular weight excluding hydrogens is 616 g/mol. The topological polar surface area (TPSA) is 139 Å². The Hall–Kier alpha value is -2.76. The van der Waals surface area contributed by atoms with Crippen LogP contribution in [0.1, 0.15) is 98.2 Å². The number of ether oxygens (including phenoxy) is 2. The Morgan fingerprint density at radius 2 is 1.64 bits per heavy atom. The van der Waals surface area contributed by atoms with Crippen molar-refractivity contribution < 1.29 is 27.5 Å². The van der Waals surface area contributed by atoms with Gasteiger partial charge in [0.15, 0.2) is 15.6 Å². The summed E-state index contributed by atoms with van der Waals surface area (Å²) in [5, 5.41) is 6.26. The number of nitrogens with zero attached hydrogens (tertiary/aromatic N) is 1. The van der Waals surface area contributed by atoms with E-state index in [1.807, 2.05) is 44.2 Å². The van der Waals surface area contributed by atoms with Gasteiger partial charge in [0.25, 0.3) is 0 Å². The van der Waals surface area contributed by atoms with Crippen LogP contribution < -0.4 is 10.6 Å². The van der Waals surface area contributed by atoms with Crippen LogP contribution in [0.25, 0.3) is 0 Å². The maximum absolute atomic E-state index is 14.3. The molecule has 1 saturated carbocycles. The van der Waals surface area contributed by atoms with Crippen LogP contribution in [0.5, 0.6) is 0 Å². The van der Waals surface area contributed by atoms with Gasteiger partial charge in [-0.1, -0.05) is 76.3 Å². The molecule has 0 bridgehead atoms. The predicted molar refractivity (Wildman–Crippen MR) is 183 cm³/mol. The lowest BCUT2D eigenvalue weighted by atomic mass is 9.82. The van der Waals surface area contributed by atoms with Crippen LogP contribution in [0.2, 0.25) is 0 Å². The number of aromatic amines is 1. The molecule has 5 atom stereocenters. The predicted octanol–water partition coefficient (Wildman–Crippen LogP) is 5.14. The molecule has 1 aliphatic carbocycles. The second-order valence-corrected chi connectivity index (χ2v) is 18.1. The Balaban J connectivity index is 1.61. The molecule has 0 spiro atoms. The van der Waals surface area contributed by atoms with Crippen LogP contribution >= 0.6 is 0 Å². The molecule has 3 N–H and O–H groups in total. The molecule has 262 valence electrons. The fourth-order valence-electron chi connectivity index (χ4n) is 6.74. The number of carbonyl (C=O) groups excluding carboxylic acids is 2. The largest absolute Gasteiger partial charge is 0.349 e. The third-order valence-electron chi connectivity index (χ3n) is 9.52. The van der Waals surface area contributed by atoms with E-state index in [4.69, 9.17) is 9.47 Å². The molecule has 1 aliphatic heterocycles. The van der Waals surface area contributed by atoms with Crippen molar-refractivity contribution >= 4 is 21.7 Å². The van der Waals surface area contributed by atoms with Gasteiger partial charge < -0.3 is 25.1 Å². The second-order valence-electron chi connectivity index (χ2n) is 15.3. The molecule has 47 heavy (non-hydrogen) atoms. The lowest BCUT2D eigenvalue weighted by Crippen LogP contribution is -2.57. The molecule has 2 heterocycles. The van der Waals surface area contributed by atoms with Crippen molar-refractivity contribution in [3.8, 4) is 0 Å². The van der Waals surface area contributed by atoms with Crippen LogP contribution in [0, 0.1) is 17.8 Å². The minimum Gasteiger partial charge on any atom is -0.349 e. The summed E-state index contributed by atoms with van der Waals surface area (Å²) >= 11 is 0. The number of rotatable bonds is 14. The van der Waals surface area contributed by atoms with Gasteiger partial charge in [0.1, 0.15) is 12.1 Å². The monoisotopic (exact) mass is 672 g/mol. The van der Waals surface area contributed by atoms with Crippen molar-refractivity contribution in [3.63, 3.8) is 0 Å². The first-order valence-electron chi connectivity index (χ1n) is 17.2. The van der Waals surface area contributed by atoms with Crippen LogP contribution in [0.4, 0.5) is 0 Å². The standard InChI is InChI=1S/C36H56N4O6S/c1-24(2)31-32(46-36(6,7)45-31)29(19-26-16-12-9-13-17-26)39-34(42)30(20-28-21-37-23-38-28)40-33(41)27(18-25-14-10-8-11-15-25)22-47(43,44)35(3,4)5/h8,10-11,14-15,21,23-24,26-27,29-32H,9,12-13,16-20,22H2,1-7H3,(H,37,38)(H,39,42)(H,40,41)/t27-,29+,30+,31+,32-/m1/s1. The van der Waals surface area contributed by atoms with Crippen molar-refractivity contribution in [2.45, 2.75) is 135 Å².